The van der Waals surface area contributed by atoms with Gasteiger partial charge in [-0.2, -0.15) is 5.10 Å². The van der Waals surface area contributed by atoms with Gasteiger partial charge in [0.25, 0.3) is 0 Å². The van der Waals surface area contributed by atoms with Crippen LogP contribution in [0.3, 0.4) is 0 Å². The van der Waals surface area contributed by atoms with Crippen molar-refractivity contribution < 1.29 is 14.7 Å². The molecule has 1 aromatic heterocycles. The number of carbonyl (C=O) groups excluding carboxylic acids is 2. The number of hydrogen-bond acceptors (Lipinski definition) is 4. The normalized spacial score (nSPS) is 16.7. The van der Waals surface area contributed by atoms with Crippen molar-refractivity contribution >= 4 is 11.8 Å². The van der Waals surface area contributed by atoms with Gasteiger partial charge in [0.15, 0.2) is 0 Å². The summed E-state index contributed by atoms with van der Waals surface area (Å²) < 4.78 is 1.79. The van der Waals surface area contributed by atoms with Gasteiger partial charge in [-0.05, 0) is 25.3 Å². The van der Waals surface area contributed by atoms with Crippen LogP contribution in [0.1, 0.15) is 30.1 Å². The van der Waals surface area contributed by atoms with Gasteiger partial charge in [-0.1, -0.05) is 6.58 Å². The van der Waals surface area contributed by atoms with Gasteiger partial charge in [0.1, 0.15) is 0 Å². The number of fused-ring (bicyclic) bond motifs is 1. The summed E-state index contributed by atoms with van der Waals surface area (Å²) in [4.78, 5) is 24.8. The number of hydrogen-bond donors (Lipinski definition) is 2. The number of carbonyl (C=O) groups is 2. The quantitative estimate of drug-likeness (QED) is 0.725. The van der Waals surface area contributed by atoms with E-state index in [9.17, 15) is 9.59 Å². The van der Waals surface area contributed by atoms with Crippen molar-refractivity contribution in [3.63, 3.8) is 0 Å². The lowest BCUT2D eigenvalue weighted by molar-refractivity contribution is -0.131. The molecule has 1 unspecified atom stereocenters. The van der Waals surface area contributed by atoms with E-state index in [1.165, 1.54) is 11.0 Å². The van der Waals surface area contributed by atoms with Crippen LogP contribution in [-0.2, 0) is 22.6 Å². The average molecular weight is 306 g/mol. The number of aliphatic hydroxyl groups is 1. The van der Waals surface area contributed by atoms with Gasteiger partial charge in [0, 0.05) is 18.3 Å². The minimum Gasteiger partial charge on any atom is -0.394 e. The first-order chi connectivity index (χ1) is 10.6. The molecule has 1 atom stereocenters. The third-order valence-electron chi connectivity index (χ3n) is 3.84. The van der Waals surface area contributed by atoms with Crippen LogP contribution in [0, 0.1) is 0 Å². The molecule has 0 fully saturated rings. The van der Waals surface area contributed by atoms with Crippen LogP contribution in [0.5, 0.6) is 0 Å². The topological polar surface area (TPSA) is 87.5 Å². The SMILES string of the molecule is C=CC(=O)N(C)CC(=O)NC1CCCc2c1cnn2CCO. The summed E-state index contributed by atoms with van der Waals surface area (Å²) in [6.07, 6.45) is 5.65. The van der Waals surface area contributed by atoms with Gasteiger partial charge in [0.05, 0.1) is 31.9 Å². The highest BCUT2D eigenvalue weighted by atomic mass is 16.3. The largest absolute Gasteiger partial charge is 0.394 e. The lowest BCUT2D eigenvalue weighted by Gasteiger charge is -2.25. The van der Waals surface area contributed by atoms with Crippen molar-refractivity contribution in [2.75, 3.05) is 20.2 Å². The van der Waals surface area contributed by atoms with E-state index in [0.717, 1.165) is 30.5 Å². The highest BCUT2D eigenvalue weighted by molar-refractivity contribution is 5.90. The molecule has 0 aliphatic heterocycles. The molecule has 0 spiro atoms. The molecule has 0 saturated carbocycles. The predicted molar refractivity (Wildman–Crippen MR) is 81.0 cm³/mol. The van der Waals surface area contributed by atoms with Crippen LogP contribution in [-0.4, -0.2) is 51.8 Å². The third-order valence-corrected chi connectivity index (χ3v) is 3.84. The van der Waals surface area contributed by atoms with Crippen molar-refractivity contribution in [1.82, 2.24) is 20.0 Å². The zero-order valence-corrected chi connectivity index (χ0v) is 12.8. The highest BCUT2D eigenvalue weighted by Crippen LogP contribution is 2.29. The molecule has 2 amide bonds. The second-order valence-electron chi connectivity index (χ2n) is 5.40. The number of rotatable bonds is 6. The van der Waals surface area contributed by atoms with Gasteiger partial charge in [-0.3, -0.25) is 14.3 Å². The molecular formula is C15H22N4O3. The molecule has 2 rings (SSSR count). The average Bonchev–Trinajstić information content (AvgIpc) is 2.91. The molecule has 1 aromatic rings. The summed E-state index contributed by atoms with van der Waals surface area (Å²) in [7, 11) is 1.56. The second kappa shape index (κ2) is 7.22. The van der Waals surface area contributed by atoms with Crippen LogP contribution in [0.15, 0.2) is 18.9 Å². The minimum absolute atomic E-state index is 0.00145. The first kappa shape index (κ1) is 16.2. The zero-order valence-electron chi connectivity index (χ0n) is 12.8. The maximum absolute atomic E-state index is 12.1. The molecule has 1 heterocycles. The number of aromatic nitrogens is 2. The van der Waals surface area contributed by atoms with E-state index in [0.29, 0.717) is 6.54 Å². The fourth-order valence-electron chi connectivity index (χ4n) is 2.75. The molecule has 120 valence electrons. The van der Waals surface area contributed by atoms with E-state index in [-0.39, 0.29) is 31.0 Å². The maximum atomic E-state index is 12.1. The van der Waals surface area contributed by atoms with Crippen molar-refractivity contribution in [2.24, 2.45) is 0 Å². The standard InChI is InChI=1S/C15H22N4O3/c1-3-15(22)18(2)10-14(21)17-12-5-4-6-13-11(12)9-16-19(13)7-8-20/h3,9,12,20H,1,4-8,10H2,2H3,(H,17,21). The van der Waals surface area contributed by atoms with Crippen LogP contribution in [0.25, 0.3) is 0 Å². The molecular weight excluding hydrogens is 284 g/mol. The Morgan fingerprint density at radius 2 is 2.41 bits per heavy atom. The minimum atomic E-state index is -0.282. The smallest absolute Gasteiger partial charge is 0.246 e. The highest BCUT2D eigenvalue weighted by Gasteiger charge is 2.25. The monoisotopic (exact) mass is 306 g/mol. The lowest BCUT2D eigenvalue weighted by atomic mass is 9.93. The van der Waals surface area contributed by atoms with Crippen LogP contribution >= 0.6 is 0 Å². The summed E-state index contributed by atoms with van der Waals surface area (Å²) in [5.74, 6) is -0.485. The third kappa shape index (κ3) is 3.54. The van der Waals surface area contributed by atoms with Gasteiger partial charge in [-0.25, -0.2) is 0 Å². The molecule has 0 saturated heterocycles. The summed E-state index contributed by atoms with van der Waals surface area (Å²) in [5.41, 5.74) is 2.08. The van der Waals surface area contributed by atoms with E-state index in [2.05, 4.69) is 17.0 Å². The summed E-state index contributed by atoms with van der Waals surface area (Å²) >= 11 is 0. The Hall–Kier alpha value is -2.15. The summed E-state index contributed by atoms with van der Waals surface area (Å²) in [6, 6.07) is -0.0871. The Bertz CT molecular complexity index is 567. The number of nitrogens with one attached hydrogen (secondary N) is 1. The molecule has 22 heavy (non-hydrogen) atoms. The first-order valence-electron chi connectivity index (χ1n) is 7.39. The second-order valence-corrected chi connectivity index (χ2v) is 5.40. The van der Waals surface area contributed by atoms with Crippen LogP contribution < -0.4 is 5.32 Å². The van der Waals surface area contributed by atoms with E-state index in [1.54, 1.807) is 17.9 Å². The molecule has 0 radical (unpaired) electrons. The van der Waals surface area contributed by atoms with Crippen molar-refractivity contribution in [3.8, 4) is 0 Å². The summed E-state index contributed by atoms with van der Waals surface area (Å²) in [6.45, 7) is 3.91. The molecule has 7 heteroatoms. The molecule has 1 aliphatic carbocycles. The Kier molecular flexibility index (Phi) is 5.32. The van der Waals surface area contributed by atoms with Gasteiger partial charge in [-0.15, -0.1) is 0 Å². The van der Waals surface area contributed by atoms with Crippen LogP contribution in [0.2, 0.25) is 0 Å². The Labute approximate surface area is 129 Å². The maximum Gasteiger partial charge on any atom is 0.246 e. The van der Waals surface area contributed by atoms with Crippen LogP contribution in [0.4, 0.5) is 0 Å². The molecule has 2 N–H and O–H groups in total. The lowest BCUT2D eigenvalue weighted by Crippen LogP contribution is -2.40. The predicted octanol–water partition coefficient (Wildman–Crippen LogP) is 0.0134. The fourth-order valence-corrected chi connectivity index (χ4v) is 2.75. The van der Waals surface area contributed by atoms with E-state index in [4.69, 9.17) is 5.11 Å². The summed E-state index contributed by atoms with van der Waals surface area (Å²) in [5, 5.41) is 16.3. The fraction of sp³-hybridized carbons (Fsp3) is 0.533. The number of aliphatic hydroxyl groups excluding tert-OH is 1. The van der Waals surface area contributed by atoms with Gasteiger partial charge in [0.2, 0.25) is 11.8 Å². The Balaban J connectivity index is 2.01. The first-order valence-corrected chi connectivity index (χ1v) is 7.39. The van der Waals surface area contributed by atoms with Crippen molar-refractivity contribution in [3.05, 3.63) is 30.1 Å². The zero-order chi connectivity index (χ0) is 16.1. The van der Waals surface area contributed by atoms with Crippen molar-refractivity contribution in [2.45, 2.75) is 31.8 Å². The number of amides is 2. The van der Waals surface area contributed by atoms with E-state index >= 15 is 0 Å². The number of likely N-dealkylation sites (N-methyl/N-ethyl adjacent to an activating group) is 1. The van der Waals surface area contributed by atoms with Gasteiger partial charge >= 0.3 is 0 Å². The molecule has 0 bridgehead atoms. The Morgan fingerprint density at radius 1 is 1.64 bits per heavy atom. The molecule has 0 aromatic carbocycles. The Morgan fingerprint density at radius 3 is 3.09 bits per heavy atom. The molecule has 7 nitrogen and oxygen atoms in total. The van der Waals surface area contributed by atoms with E-state index < -0.39 is 0 Å². The van der Waals surface area contributed by atoms with Crippen molar-refractivity contribution in [1.29, 1.82) is 0 Å². The van der Waals surface area contributed by atoms with E-state index in [1.807, 2.05) is 0 Å². The number of nitrogens with zero attached hydrogens (tertiary/aromatic N) is 3. The van der Waals surface area contributed by atoms with Gasteiger partial charge < -0.3 is 15.3 Å². The molecule has 1 aliphatic rings.